The number of ether oxygens (including phenoxy) is 1. The molecule has 1 amide bonds. The molecule has 0 aliphatic rings. The fraction of sp³-hybridized carbons (Fsp3) is 0.200. The molecule has 0 saturated carbocycles. The molecule has 5 nitrogen and oxygen atoms in total. The number of fused-ring (bicyclic) bond motifs is 1. The molecule has 0 atom stereocenters. The van der Waals surface area contributed by atoms with Crippen molar-refractivity contribution in [1.29, 1.82) is 0 Å². The van der Waals surface area contributed by atoms with Crippen LogP contribution in [0.15, 0.2) is 59.0 Å². The van der Waals surface area contributed by atoms with Gasteiger partial charge in [-0.1, -0.05) is 24.6 Å². The molecule has 4 rings (SSSR count). The van der Waals surface area contributed by atoms with Gasteiger partial charge in [0.15, 0.2) is 5.58 Å². The minimum absolute atomic E-state index is 0.237. The van der Waals surface area contributed by atoms with Gasteiger partial charge in [-0.3, -0.25) is 4.79 Å². The van der Waals surface area contributed by atoms with Gasteiger partial charge in [-0.15, -0.1) is 0 Å². The number of carbonyl (C=O) groups excluding carboxylic acids is 1. The number of halogens is 1. The number of anilines is 1. The zero-order valence-electron chi connectivity index (χ0n) is 17.7. The van der Waals surface area contributed by atoms with Crippen molar-refractivity contribution >= 4 is 34.3 Å². The number of benzene rings is 3. The van der Waals surface area contributed by atoms with Gasteiger partial charge < -0.3 is 14.5 Å². The van der Waals surface area contributed by atoms with Crippen LogP contribution in [0.5, 0.6) is 5.75 Å². The molecule has 0 radical (unpaired) electrons. The maximum absolute atomic E-state index is 12.7. The molecule has 1 N–H and O–H groups in total. The van der Waals surface area contributed by atoms with Crippen LogP contribution in [0.4, 0.5) is 5.69 Å². The largest absolute Gasteiger partial charge is 0.494 e. The van der Waals surface area contributed by atoms with Gasteiger partial charge in [-0.25, -0.2) is 4.98 Å². The van der Waals surface area contributed by atoms with E-state index in [-0.39, 0.29) is 5.91 Å². The van der Waals surface area contributed by atoms with Gasteiger partial charge in [0.05, 0.1) is 17.2 Å². The summed E-state index contributed by atoms with van der Waals surface area (Å²) in [5.41, 5.74) is 5.47. The van der Waals surface area contributed by atoms with Crippen LogP contribution in [0.3, 0.4) is 0 Å². The molecular weight excluding hydrogens is 412 g/mol. The summed E-state index contributed by atoms with van der Waals surface area (Å²) in [6, 6.07) is 16.3. The first-order chi connectivity index (χ1) is 14.9. The Kier molecular flexibility index (Phi) is 5.96. The predicted octanol–water partition coefficient (Wildman–Crippen LogP) is 6.81. The lowest BCUT2D eigenvalue weighted by Crippen LogP contribution is -2.12. The normalized spacial score (nSPS) is 11.0. The third kappa shape index (κ3) is 4.57. The van der Waals surface area contributed by atoms with Gasteiger partial charge in [0, 0.05) is 11.3 Å². The molecule has 0 bridgehead atoms. The number of carbonyl (C=O) groups is 1. The van der Waals surface area contributed by atoms with Gasteiger partial charge in [0.1, 0.15) is 11.3 Å². The SMILES string of the molecule is CCCOc1cccc(C(=O)Nc2ccc(Cl)c(-c3nc4cc(C)c(C)cc4o3)c2)c1. The standard InChI is InChI=1S/C25H23ClN2O3/c1-4-10-30-19-7-5-6-17(13-19)24(29)27-18-8-9-21(26)20(14-18)25-28-22-11-15(2)16(3)12-23(22)31-25/h5-9,11-14H,4,10H2,1-3H3,(H,27,29). The van der Waals surface area contributed by atoms with E-state index in [1.54, 1.807) is 36.4 Å². The maximum Gasteiger partial charge on any atom is 0.255 e. The molecule has 0 saturated heterocycles. The number of nitrogens with zero attached hydrogens (tertiary/aromatic N) is 1. The van der Waals surface area contributed by atoms with E-state index in [1.165, 1.54) is 0 Å². The van der Waals surface area contributed by atoms with Gasteiger partial charge in [-0.05, 0) is 79.9 Å². The monoisotopic (exact) mass is 434 g/mol. The molecule has 1 heterocycles. The number of oxazole rings is 1. The van der Waals surface area contributed by atoms with Crippen LogP contribution in [-0.2, 0) is 0 Å². The molecule has 0 aliphatic heterocycles. The highest BCUT2D eigenvalue weighted by molar-refractivity contribution is 6.33. The average molecular weight is 435 g/mol. The van der Waals surface area contributed by atoms with Gasteiger partial charge >= 0.3 is 0 Å². The number of aryl methyl sites for hydroxylation is 2. The maximum atomic E-state index is 12.7. The number of nitrogens with one attached hydrogen (secondary N) is 1. The molecule has 3 aromatic carbocycles. The quantitative estimate of drug-likeness (QED) is 0.362. The van der Waals surface area contributed by atoms with Crippen molar-refractivity contribution < 1.29 is 13.9 Å². The lowest BCUT2D eigenvalue weighted by molar-refractivity contribution is 0.102. The Morgan fingerprint density at radius 2 is 1.90 bits per heavy atom. The van der Waals surface area contributed by atoms with E-state index in [4.69, 9.17) is 20.8 Å². The predicted molar refractivity (Wildman–Crippen MR) is 124 cm³/mol. The van der Waals surface area contributed by atoms with Crippen molar-refractivity contribution in [2.45, 2.75) is 27.2 Å². The van der Waals surface area contributed by atoms with Gasteiger partial charge in [-0.2, -0.15) is 0 Å². The molecule has 1 aromatic heterocycles. The first kappa shape index (κ1) is 20.9. The van der Waals surface area contributed by atoms with E-state index >= 15 is 0 Å². The first-order valence-corrected chi connectivity index (χ1v) is 10.5. The molecule has 0 unspecified atom stereocenters. The lowest BCUT2D eigenvalue weighted by Gasteiger charge is -2.09. The molecule has 4 aromatic rings. The summed E-state index contributed by atoms with van der Waals surface area (Å²) in [5, 5.41) is 3.40. The van der Waals surface area contributed by atoms with Crippen molar-refractivity contribution in [3.8, 4) is 17.2 Å². The van der Waals surface area contributed by atoms with Crippen molar-refractivity contribution in [2.24, 2.45) is 0 Å². The number of hydrogen-bond acceptors (Lipinski definition) is 4. The highest BCUT2D eigenvalue weighted by Gasteiger charge is 2.15. The first-order valence-electron chi connectivity index (χ1n) is 10.2. The Balaban J connectivity index is 1.60. The van der Waals surface area contributed by atoms with Crippen molar-refractivity contribution in [1.82, 2.24) is 4.98 Å². The Hall–Kier alpha value is -3.31. The molecule has 0 fully saturated rings. The van der Waals surface area contributed by atoms with Gasteiger partial charge in [0.2, 0.25) is 5.89 Å². The third-order valence-electron chi connectivity index (χ3n) is 5.03. The molecular formula is C25H23ClN2O3. The second-order valence-corrected chi connectivity index (χ2v) is 7.86. The zero-order valence-corrected chi connectivity index (χ0v) is 18.4. The summed E-state index contributed by atoms with van der Waals surface area (Å²) in [6.45, 7) is 6.71. The van der Waals surface area contributed by atoms with E-state index in [1.807, 2.05) is 39.0 Å². The van der Waals surface area contributed by atoms with Crippen LogP contribution < -0.4 is 10.1 Å². The summed E-state index contributed by atoms with van der Waals surface area (Å²) in [4.78, 5) is 17.3. The van der Waals surface area contributed by atoms with E-state index in [9.17, 15) is 4.79 Å². The smallest absolute Gasteiger partial charge is 0.255 e. The van der Waals surface area contributed by atoms with Crippen molar-refractivity contribution in [3.05, 3.63) is 76.3 Å². The Bertz CT molecular complexity index is 1220. The second-order valence-electron chi connectivity index (χ2n) is 7.45. The van der Waals surface area contributed by atoms with Crippen molar-refractivity contribution in [2.75, 3.05) is 11.9 Å². The fourth-order valence-corrected chi connectivity index (χ4v) is 3.41. The Morgan fingerprint density at radius 3 is 2.71 bits per heavy atom. The van der Waals surface area contributed by atoms with Crippen LogP contribution >= 0.6 is 11.6 Å². The van der Waals surface area contributed by atoms with E-state index in [0.717, 1.165) is 23.1 Å². The van der Waals surface area contributed by atoms with Gasteiger partial charge in [0.25, 0.3) is 5.91 Å². The second kappa shape index (κ2) is 8.82. The van der Waals surface area contributed by atoms with Crippen LogP contribution in [0.25, 0.3) is 22.6 Å². The Labute approximate surface area is 186 Å². The fourth-order valence-electron chi connectivity index (χ4n) is 3.21. The van der Waals surface area contributed by atoms with Crippen molar-refractivity contribution in [3.63, 3.8) is 0 Å². The summed E-state index contributed by atoms with van der Waals surface area (Å²) < 4.78 is 11.6. The molecule has 0 spiro atoms. The highest BCUT2D eigenvalue weighted by atomic mass is 35.5. The summed E-state index contributed by atoms with van der Waals surface area (Å²) in [5.74, 6) is 0.846. The molecule has 0 aliphatic carbocycles. The Morgan fingerprint density at radius 1 is 1.10 bits per heavy atom. The molecule has 31 heavy (non-hydrogen) atoms. The van der Waals surface area contributed by atoms with Crippen LogP contribution in [0.1, 0.15) is 34.8 Å². The van der Waals surface area contributed by atoms with Crippen LogP contribution in [-0.4, -0.2) is 17.5 Å². The topological polar surface area (TPSA) is 64.4 Å². The van der Waals surface area contributed by atoms with E-state index < -0.39 is 0 Å². The number of hydrogen-bond donors (Lipinski definition) is 1. The summed E-state index contributed by atoms with van der Waals surface area (Å²) >= 11 is 6.41. The zero-order chi connectivity index (χ0) is 22.0. The minimum Gasteiger partial charge on any atom is -0.494 e. The molecule has 6 heteroatoms. The van der Waals surface area contributed by atoms with Crippen LogP contribution in [0.2, 0.25) is 5.02 Å². The lowest BCUT2D eigenvalue weighted by atomic mass is 10.1. The number of rotatable bonds is 6. The van der Waals surface area contributed by atoms with E-state index in [0.29, 0.717) is 45.7 Å². The minimum atomic E-state index is -0.237. The summed E-state index contributed by atoms with van der Waals surface area (Å²) in [6.07, 6.45) is 0.902. The van der Waals surface area contributed by atoms with E-state index in [2.05, 4.69) is 10.3 Å². The number of amides is 1. The average Bonchev–Trinajstić information content (AvgIpc) is 3.16. The third-order valence-corrected chi connectivity index (χ3v) is 5.36. The number of aromatic nitrogens is 1. The summed E-state index contributed by atoms with van der Waals surface area (Å²) in [7, 11) is 0. The molecule has 158 valence electrons. The highest BCUT2D eigenvalue weighted by Crippen LogP contribution is 2.33. The van der Waals surface area contributed by atoms with Crippen LogP contribution in [0, 0.1) is 13.8 Å².